The molecule has 1 aliphatic carbocycles. The molecule has 1 aliphatic rings. The molecule has 0 N–H and O–H groups in total. The van der Waals surface area contributed by atoms with Crippen LogP contribution in [0.25, 0.3) is 0 Å². The highest BCUT2D eigenvalue weighted by Crippen LogP contribution is 2.29. The Labute approximate surface area is 78.2 Å². The van der Waals surface area contributed by atoms with Gasteiger partial charge in [0.05, 0.1) is 6.61 Å². The first-order valence-corrected chi connectivity index (χ1v) is 4.68. The summed E-state index contributed by atoms with van der Waals surface area (Å²) in [6, 6.07) is 7.43. The first-order chi connectivity index (χ1) is 6.38. The van der Waals surface area contributed by atoms with Crippen molar-refractivity contribution in [2.75, 3.05) is 6.61 Å². The molecule has 13 heavy (non-hydrogen) atoms. The molecule has 2 rings (SSSR count). The van der Waals surface area contributed by atoms with Crippen molar-refractivity contribution in [3.05, 3.63) is 29.8 Å². The van der Waals surface area contributed by atoms with Gasteiger partial charge >= 0.3 is 0 Å². The van der Waals surface area contributed by atoms with Crippen LogP contribution in [0.2, 0.25) is 0 Å². The van der Waals surface area contributed by atoms with Crippen molar-refractivity contribution in [3.8, 4) is 5.75 Å². The summed E-state index contributed by atoms with van der Waals surface area (Å²) in [4.78, 5) is 0. The lowest BCUT2D eigenvalue weighted by Crippen LogP contribution is -1.99. The van der Waals surface area contributed by atoms with Crippen molar-refractivity contribution < 1.29 is 9.84 Å². The lowest BCUT2D eigenvalue weighted by atomic mass is 10.2. The molecule has 1 aromatic rings. The molecule has 0 aromatic heterocycles. The first kappa shape index (κ1) is 8.57. The van der Waals surface area contributed by atoms with Crippen LogP contribution in [0.3, 0.4) is 0 Å². The molecule has 1 radical (unpaired) electrons. The Kier molecular flexibility index (Phi) is 2.50. The number of hydrogen-bond donors (Lipinski definition) is 0. The van der Waals surface area contributed by atoms with E-state index < -0.39 is 0 Å². The molecule has 1 fully saturated rings. The van der Waals surface area contributed by atoms with Gasteiger partial charge in [-0.1, -0.05) is 12.1 Å². The number of hydrogen-bond acceptors (Lipinski definition) is 1. The second kappa shape index (κ2) is 3.79. The zero-order valence-corrected chi connectivity index (χ0v) is 7.53. The van der Waals surface area contributed by atoms with Gasteiger partial charge in [-0.15, -0.1) is 0 Å². The normalized spacial score (nSPS) is 15.8. The van der Waals surface area contributed by atoms with Gasteiger partial charge in [0, 0.05) is 0 Å². The van der Waals surface area contributed by atoms with E-state index in [0.29, 0.717) is 0 Å². The fraction of sp³-hybridized carbons (Fsp3) is 0.455. The fourth-order valence-electron chi connectivity index (χ4n) is 1.22. The molecule has 69 valence electrons. The van der Waals surface area contributed by atoms with Crippen molar-refractivity contribution >= 4 is 0 Å². The lowest BCUT2D eigenvalue weighted by Gasteiger charge is -2.05. The van der Waals surface area contributed by atoms with Crippen LogP contribution in [0.15, 0.2) is 24.3 Å². The molecule has 2 heteroatoms. The van der Waals surface area contributed by atoms with Crippen molar-refractivity contribution in [2.45, 2.75) is 19.4 Å². The number of ether oxygens (including phenoxy) is 1. The summed E-state index contributed by atoms with van der Waals surface area (Å²) in [5.41, 5.74) is 0.799. The molecule has 0 atom stereocenters. The van der Waals surface area contributed by atoms with E-state index in [9.17, 15) is 5.11 Å². The van der Waals surface area contributed by atoms with Crippen LogP contribution in [0.1, 0.15) is 18.4 Å². The van der Waals surface area contributed by atoms with E-state index in [1.54, 1.807) is 0 Å². The smallest absolute Gasteiger partial charge is 0.119 e. The molecular weight excluding hydrogens is 164 g/mol. The first-order valence-electron chi connectivity index (χ1n) is 4.68. The van der Waals surface area contributed by atoms with Gasteiger partial charge in [-0.3, -0.25) is 0 Å². The molecule has 0 unspecified atom stereocenters. The van der Waals surface area contributed by atoms with Crippen molar-refractivity contribution in [1.29, 1.82) is 0 Å². The Morgan fingerprint density at radius 1 is 1.38 bits per heavy atom. The summed E-state index contributed by atoms with van der Waals surface area (Å²) in [6.07, 6.45) is 2.59. The van der Waals surface area contributed by atoms with E-state index in [1.807, 2.05) is 24.3 Å². The maximum absolute atomic E-state index is 10.6. The van der Waals surface area contributed by atoms with Gasteiger partial charge in [0.15, 0.2) is 0 Å². The third-order valence-electron chi connectivity index (χ3n) is 2.25. The molecule has 0 amide bonds. The summed E-state index contributed by atoms with van der Waals surface area (Å²) in [5.74, 6) is 1.59. The molecule has 0 heterocycles. The predicted octanol–water partition coefficient (Wildman–Crippen LogP) is 2.41. The Hall–Kier alpha value is -1.02. The maximum Gasteiger partial charge on any atom is 0.119 e. The highest BCUT2D eigenvalue weighted by atomic mass is 16.5. The summed E-state index contributed by atoms with van der Waals surface area (Å²) < 4.78 is 5.53. The molecule has 0 bridgehead atoms. The maximum atomic E-state index is 10.6. The van der Waals surface area contributed by atoms with E-state index in [2.05, 4.69) is 0 Å². The summed E-state index contributed by atoms with van der Waals surface area (Å²) >= 11 is 0. The molecule has 1 aromatic carbocycles. The van der Waals surface area contributed by atoms with Gasteiger partial charge in [0.25, 0.3) is 0 Å². The Balaban J connectivity index is 1.93. The Morgan fingerprint density at radius 3 is 2.92 bits per heavy atom. The average Bonchev–Trinajstić information content (AvgIpc) is 2.99. The fourth-order valence-corrected chi connectivity index (χ4v) is 1.22. The van der Waals surface area contributed by atoms with Crippen molar-refractivity contribution in [3.63, 3.8) is 0 Å². The topological polar surface area (TPSA) is 29.1 Å². The van der Waals surface area contributed by atoms with Gasteiger partial charge in [0.2, 0.25) is 0 Å². The minimum atomic E-state index is -0.166. The quantitative estimate of drug-likeness (QED) is 0.694. The largest absolute Gasteiger partial charge is 0.493 e. The highest BCUT2D eigenvalue weighted by molar-refractivity contribution is 5.27. The average molecular weight is 177 g/mol. The summed E-state index contributed by atoms with van der Waals surface area (Å²) in [6.45, 7) is 0.642. The molecule has 2 nitrogen and oxygen atoms in total. The van der Waals surface area contributed by atoms with Gasteiger partial charge < -0.3 is 4.74 Å². The third kappa shape index (κ3) is 2.46. The van der Waals surface area contributed by atoms with Gasteiger partial charge in [-0.05, 0) is 36.5 Å². The monoisotopic (exact) mass is 177 g/mol. The van der Waals surface area contributed by atoms with Crippen molar-refractivity contribution in [1.82, 2.24) is 0 Å². The van der Waals surface area contributed by atoms with E-state index >= 15 is 0 Å². The summed E-state index contributed by atoms with van der Waals surface area (Å²) in [7, 11) is 0. The lowest BCUT2D eigenvalue weighted by molar-refractivity contribution is 0.177. The zero-order valence-electron chi connectivity index (χ0n) is 7.53. The van der Waals surface area contributed by atoms with Crippen LogP contribution in [0, 0.1) is 5.92 Å². The predicted molar refractivity (Wildman–Crippen MR) is 49.1 cm³/mol. The van der Waals surface area contributed by atoms with Crippen LogP contribution in [-0.4, -0.2) is 6.61 Å². The molecule has 0 saturated heterocycles. The van der Waals surface area contributed by atoms with E-state index in [-0.39, 0.29) is 6.61 Å². The van der Waals surface area contributed by atoms with Crippen LogP contribution < -0.4 is 4.74 Å². The van der Waals surface area contributed by atoms with Gasteiger partial charge in [-0.2, -0.15) is 0 Å². The minimum Gasteiger partial charge on any atom is -0.493 e. The van der Waals surface area contributed by atoms with Gasteiger partial charge in [-0.25, -0.2) is 5.11 Å². The number of rotatable bonds is 4. The van der Waals surface area contributed by atoms with Crippen LogP contribution in [0.5, 0.6) is 5.75 Å². The summed E-state index contributed by atoms with van der Waals surface area (Å²) in [5, 5.41) is 10.6. The minimum absolute atomic E-state index is 0.166. The van der Waals surface area contributed by atoms with Crippen LogP contribution in [-0.2, 0) is 11.7 Å². The van der Waals surface area contributed by atoms with Crippen LogP contribution >= 0.6 is 0 Å². The van der Waals surface area contributed by atoms with Crippen LogP contribution in [0.4, 0.5) is 0 Å². The SMILES string of the molecule is [O]Cc1cccc(OCC2CC2)c1. The van der Waals surface area contributed by atoms with Gasteiger partial charge in [0.1, 0.15) is 12.4 Å². The second-order valence-electron chi connectivity index (χ2n) is 3.55. The molecule has 0 aliphatic heterocycles. The molecule has 0 spiro atoms. The van der Waals surface area contributed by atoms with E-state index in [4.69, 9.17) is 4.74 Å². The Morgan fingerprint density at radius 2 is 2.23 bits per heavy atom. The Bertz CT molecular complexity index is 279. The third-order valence-corrected chi connectivity index (χ3v) is 2.25. The highest BCUT2D eigenvalue weighted by Gasteiger charge is 2.21. The van der Waals surface area contributed by atoms with E-state index in [0.717, 1.165) is 23.8 Å². The van der Waals surface area contributed by atoms with E-state index in [1.165, 1.54) is 12.8 Å². The molecular formula is C11H13O2. The number of benzene rings is 1. The molecule has 1 saturated carbocycles. The second-order valence-corrected chi connectivity index (χ2v) is 3.55. The zero-order chi connectivity index (χ0) is 9.10. The van der Waals surface area contributed by atoms with Crippen molar-refractivity contribution in [2.24, 2.45) is 5.92 Å². The standard InChI is InChI=1S/C11H13O2/c12-7-10-2-1-3-11(6-10)13-8-9-4-5-9/h1-3,6,9H,4-5,7-8H2.